The van der Waals surface area contributed by atoms with Gasteiger partial charge in [-0.1, -0.05) is 44.9 Å². The van der Waals surface area contributed by atoms with E-state index in [-0.39, 0.29) is 11.8 Å². The number of carbonyl (C=O) groups is 2. The lowest BCUT2D eigenvalue weighted by atomic mass is 10.0. The number of nitrogens with zero attached hydrogens (tertiary/aromatic N) is 1. The van der Waals surface area contributed by atoms with Gasteiger partial charge in [0.15, 0.2) is 0 Å². The zero-order valence-electron chi connectivity index (χ0n) is 14.0. The van der Waals surface area contributed by atoms with Gasteiger partial charge >= 0.3 is 0 Å². The van der Waals surface area contributed by atoms with Crippen LogP contribution in [0.2, 0.25) is 0 Å². The quantitative estimate of drug-likeness (QED) is 0.602. The molecular weight excluding hydrogens is 300 g/mol. The van der Waals surface area contributed by atoms with E-state index < -0.39 is 0 Å². The van der Waals surface area contributed by atoms with Crippen molar-refractivity contribution in [2.45, 2.75) is 32.6 Å². The van der Waals surface area contributed by atoms with Crippen molar-refractivity contribution in [3.05, 3.63) is 48.6 Å². The molecule has 4 heteroatoms. The third-order valence-corrected chi connectivity index (χ3v) is 4.46. The number of hydrogen-bond acceptors (Lipinski definition) is 2. The average molecular weight is 322 g/mol. The van der Waals surface area contributed by atoms with E-state index in [0.29, 0.717) is 11.3 Å². The topological polar surface area (TPSA) is 49.4 Å². The molecule has 1 heterocycles. The van der Waals surface area contributed by atoms with Gasteiger partial charge < -0.3 is 10.2 Å². The van der Waals surface area contributed by atoms with Gasteiger partial charge in [-0.25, -0.2) is 0 Å². The molecule has 24 heavy (non-hydrogen) atoms. The predicted octanol–water partition coefficient (Wildman–Crippen LogP) is 4.50. The fourth-order valence-corrected chi connectivity index (χ4v) is 3.26. The zero-order chi connectivity index (χ0) is 17.1. The van der Waals surface area contributed by atoms with Crippen LogP contribution in [0.25, 0.3) is 10.8 Å². The molecule has 0 aliphatic carbocycles. The van der Waals surface area contributed by atoms with Crippen LogP contribution in [0.3, 0.4) is 0 Å². The molecular formula is C20H22N2O2. The summed E-state index contributed by atoms with van der Waals surface area (Å²) in [5, 5.41) is 4.64. The highest BCUT2D eigenvalue weighted by Gasteiger charge is 2.30. The second-order valence-corrected chi connectivity index (χ2v) is 6.07. The average Bonchev–Trinajstić information content (AvgIpc) is 2.88. The molecule has 0 radical (unpaired) electrons. The summed E-state index contributed by atoms with van der Waals surface area (Å²) < 4.78 is 0. The van der Waals surface area contributed by atoms with Crippen LogP contribution < -0.4 is 10.2 Å². The SMILES string of the molecule is C=CC(=O)Nc1ccc2c3c(cccc13)C(=O)N2CCCCCC. The first-order valence-corrected chi connectivity index (χ1v) is 8.48. The van der Waals surface area contributed by atoms with Crippen molar-refractivity contribution < 1.29 is 9.59 Å². The van der Waals surface area contributed by atoms with Crippen molar-refractivity contribution >= 4 is 34.0 Å². The summed E-state index contributed by atoms with van der Waals surface area (Å²) in [6.07, 6.45) is 5.75. The van der Waals surface area contributed by atoms with Gasteiger partial charge in [0.05, 0.1) is 5.69 Å². The number of hydrogen-bond donors (Lipinski definition) is 1. The van der Waals surface area contributed by atoms with E-state index in [9.17, 15) is 9.59 Å². The first-order valence-electron chi connectivity index (χ1n) is 8.48. The molecule has 0 saturated carbocycles. The molecule has 124 valence electrons. The van der Waals surface area contributed by atoms with Gasteiger partial charge in [0, 0.05) is 28.6 Å². The van der Waals surface area contributed by atoms with E-state index in [1.165, 1.54) is 18.9 Å². The maximum Gasteiger partial charge on any atom is 0.258 e. The first kappa shape index (κ1) is 16.2. The third-order valence-electron chi connectivity index (χ3n) is 4.46. The minimum Gasteiger partial charge on any atom is -0.322 e. The summed E-state index contributed by atoms with van der Waals surface area (Å²) in [5.41, 5.74) is 2.37. The van der Waals surface area contributed by atoms with Crippen LogP contribution in [0.4, 0.5) is 11.4 Å². The Labute approximate surface area is 142 Å². The molecule has 0 atom stereocenters. The highest BCUT2D eigenvalue weighted by Crippen LogP contribution is 2.40. The van der Waals surface area contributed by atoms with E-state index in [1.54, 1.807) is 0 Å². The summed E-state index contributed by atoms with van der Waals surface area (Å²) >= 11 is 0. The van der Waals surface area contributed by atoms with Crippen LogP contribution >= 0.6 is 0 Å². The highest BCUT2D eigenvalue weighted by molar-refractivity contribution is 6.27. The van der Waals surface area contributed by atoms with Crippen LogP contribution in [0, 0.1) is 0 Å². The highest BCUT2D eigenvalue weighted by atomic mass is 16.2. The maximum absolute atomic E-state index is 12.8. The molecule has 2 amide bonds. The van der Waals surface area contributed by atoms with Gasteiger partial charge in [0.2, 0.25) is 5.91 Å². The number of nitrogens with one attached hydrogen (secondary N) is 1. The van der Waals surface area contributed by atoms with Crippen molar-refractivity contribution in [2.24, 2.45) is 0 Å². The van der Waals surface area contributed by atoms with Crippen LogP contribution in [0.15, 0.2) is 43.0 Å². The van der Waals surface area contributed by atoms with E-state index in [2.05, 4.69) is 18.8 Å². The molecule has 0 bridgehead atoms. The standard InChI is InChI=1S/C20H22N2O2/c1-3-5-6-7-13-22-17-12-11-16(21-18(23)4-2)14-9-8-10-15(19(14)17)20(22)24/h4,8-12H,2-3,5-7,13H2,1H3,(H,21,23). The minimum absolute atomic E-state index is 0.0549. The van der Waals surface area contributed by atoms with Gasteiger partial charge in [-0.2, -0.15) is 0 Å². The lowest BCUT2D eigenvalue weighted by Gasteiger charge is -2.18. The van der Waals surface area contributed by atoms with Crippen molar-refractivity contribution in [2.75, 3.05) is 16.8 Å². The van der Waals surface area contributed by atoms with Gasteiger partial charge in [0.1, 0.15) is 0 Å². The summed E-state index contributed by atoms with van der Waals surface area (Å²) in [6.45, 7) is 6.40. The summed E-state index contributed by atoms with van der Waals surface area (Å²) in [7, 11) is 0. The molecule has 0 saturated heterocycles. The van der Waals surface area contributed by atoms with Gasteiger partial charge in [-0.15, -0.1) is 0 Å². The minimum atomic E-state index is -0.253. The smallest absolute Gasteiger partial charge is 0.258 e. The predicted molar refractivity (Wildman–Crippen MR) is 98.6 cm³/mol. The Kier molecular flexibility index (Phi) is 4.65. The Morgan fingerprint density at radius 3 is 2.79 bits per heavy atom. The Hall–Kier alpha value is -2.62. The maximum atomic E-state index is 12.8. The number of benzene rings is 2. The van der Waals surface area contributed by atoms with Crippen LogP contribution in [-0.4, -0.2) is 18.4 Å². The fraction of sp³-hybridized carbons (Fsp3) is 0.300. The first-order chi connectivity index (χ1) is 11.7. The molecule has 0 spiro atoms. The van der Waals surface area contributed by atoms with E-state index in [0.717, 1.165) is 35.8 Å². The van der Waals surface area contributed by atoms with Crippen molar-refractivity contribution in [1.29, 1.82) is 0 Å². The van der Waals surface area contributed by atoms with Gasteiger partial charge in [-0.05, 0) is 30.7 Å². The number of carbonyl (C=O) groups excluding carboxylic acids is 2. The molecule has 4 nitrogen and oxygen atoms in total. The van der Waals surface area contributed by atoms with Crippen molar-refractivity contribution in [3.63, 3.8) is 0 Å². The summed E-state index contributed by atoms with van der Waals surface area (Å²) in [4.78, 5) is 26.3. The Balaban J connectivity index is 1.96. The number of unbranched alkanes of at least 4 members (excludes halogenated alkanes) is 3. The third kappa shape index (κ3) is 2.80. The summed E-state index contributed by atoms with van der Waals surface area (Å²) in [5.74, 6) is -0.198. The second-order valence-electron chi connectivity index (χ2n) is 6.07. The second kappa shape index (κ2) is 6.87. The molecule has 3 rings (SSSR count). The Morgan fingerprint density at radius 2 is 2.04 bits per heavy atom. The molecule has 1 aliphatic rings. The molecule has 1 N–H and O–H groups in total. The van der Waals surface area contributed by atoms with E-state index in [4.69, 9.17) is 0 Å². The van der Waals surface area contributed by atoms with Crippen molar-refractivity contribution in [1.82, 2.24) is 0 Å². The number of amides is 2. The number of rotatable bonds is 7. The number of anilines is 2. The lowest BCUT2D eigenvalue weighted by Crippen LogP contribution is -2.27. The zero-order valence-corrected chi connectivity index (χ0v) is 14.0. The van der Waals surface area contributed by atoms with E-state index >= 15 is 0 Å². The normalized spacial score (nSPS) is 12.7. The largest absolute Gasteiger partial charge is 0.322 e. The fourth-order valence-electron chi connectivity index (χ4n) is 3.26. The molecule has 0 fully saturated rings. The van der Waals surface area contributed by atoms with E-state index in [1.807, 2.05) is 35.2 Å². The molecule has 0 aromatic heterocycles. The molecule has 1 aliphatic heterocycles. The van der Waals surface area contributed by atoms with Crippen LogP contribution in [-0.2, 0) is 4.79 Å². The Bertz CT molecular complexity index is 811. The van der Waals surface area contributed by atoms with Gasteiger partial charge in [-0.3, -0.25) is 9.59 Å². The van der Waals surface area contributed by atoms with Gasteiger partial charge in [0.25, 0.3) is 5.91 Å². The summed E-state index contributed by atoms with van der Waals surface area (Å²) in [6, 6.07) is 9.45. The molecule has 2 aromatic carbocycles. The molecule has 2 aromatic rings. The monoisotopic (exact) mass is 322 g/mol. The van der Waals surface area contributed by atoms with Crippen LogP contribution in [0.5, 0.6) is 0 Å². The lowest BCUT2D eigenvalue weighted by molar-refractivity contribution is -0.111. The van der Waals surface area contributed by atoms with Crippen LogP contribution in [0.1, 0.15) is 43.0 Å². The van der Waals surface area contributed by atoms with Crippen molar-refractivity contribution in [3.8, 4) is 0 Å². The Morgan fingerprint density at radius 1 is 1.21 bits per heavy atom. The molecule has 0 unspecified atom stereocenters.